The molecule has 0 radical (unpaired) electrons. The highest BCUT2D eigenvalue weighted by Gasteiger charge is 2.32. The number of para-hydroxylation sites is 1. The van der Waals surface area contributed by atoms with E-state index in [-0.39, 0.29) is 5.41 Å². The average Bonchev–Trinajstić information content (AvgIpc) is 2.61. The molecule has 0 unspecified atom stereocenters. The van der Waals surface area contributed by atoms with Gasteiger partial charge in [0, 0.05) is 5.56 Å². The van der Waals surface area contributed by atoms with Crippen molar-refractivity contribution in [2.24, 2.45) is 0 Å². The van der Waals surface area contributed by atoms with Crippen LogP contribution in [0.2, 0.25) is 0 Å². The second-order valence-corrected chi connectivity index (χ2v) is 7.88. The van der Waals surface area contributed by atoms with Crippen molar-refractivity contribution in [2.75, 3.05) is 0 Å². The van der Waals surface area contributed by atoms with Crippen LogP contribution in [-0.4, -0.2) is 5.11 Å². The molecule has 1 heteroatoms. The third kappa shape index (κ3) is 7.84. The van der Waals surface area contributed by atoms with Crippen molar-refractivity contribution in [3.8, 4) is 5.75 Å². The maximum Gasteiger partial charge on any atom is 0.119 e. The average molecular weight is 347 g/mol. The van der Waals surface area contributed by atoms with E-state index in [1.54, 1.807) is 0 Å². The first-order valence-electron chi connectivity index (χ1n) is 11.0. The Kier molecular flexibility index (Phi) is 11.7. The maximum atomic E-state index is 10.4. The zero-order valence-electron chi connectivity index (χ0n) is 17.2. The van der Waals surface area contributed by atoms with Crippen LogP contribution in [0, 0.1) is 0 Å². The van der Waals surface area contributed by atoms with Gasteiger partial charge in [0.25, 0.3) is 0 Å². The summed E-state index contributed by atoms with van der Waals surface area (Å²) in [6.45, 7) is 6.84. The Bertz CT molecular complexity index is 431. The van der Waals surface area contributed by atoms with Gasteiger partial charge in [0.1, 0.15) is 5.75 Å². The number of hydrogen-bond donors (Lipinski definition) is 1. The molecule has 1 nitrogen and oxygen atoms in total. The third-order valence-electron chi connectivity index (χ3n) is 5.69. The van der Waals surface area contributed by atoms with E-state index in [0.29, 0.717) is 5.75 Å². The lowest BCUT2D eigenvalue weighted by Crippen LogP contribution is -2.26. The fourth-order valence-corrected chi connectivity index (χ4v) is 4.43. The predicted octanol–water partition coefficient (Wildman–Crippen LogP) is 8.15. The molecule has 0 aliphatic heterocycles. The van der Waals surface area contributed by atoms with Crippen LogP contribution in [0.1, 0.15) is 116 Å². The normalized spacial score (nSPS) is 11.8. The van der Waals surface area contributed by atoms with E-state index in [4.69, 9.17) is 0 Å². The van der Waals surface area contributed by atoms with Gasteiger partial charge in [-0.05, 0) is 30.7 Å². The van der Waals surface area contributed by atoms with Gasteiger partial charge in [-0.1, -0.05) is 110 Å². The largest absolute Gasteiger partial charge is 0.508 e. The minimum Gasteiger partial charge on any atom is -0.508 e. The van der Waals surface area contributed by atoms with E-state index in [9.17, 15) is 5.11 Å². The summed E-state index contributed by atoms with van der Waals surface area (Å²) < 4.78 is 0. The molecule has 0 heterocycles. The van der Waals surface area contributed by atoms with E-state index >= 15 is 0 Å². The lowest BCUT2D eigenvalue weighted by molar-refractivity contribution is 0.304. The van der Waals surface area contributed by atoms with Crippen LogP contribution in [0.4, 0.5) is 0 Å². The summed E-state index contributed by atoms with van der Waals surface area (Å²) >= 11 is 0. The first kappa shape index (κ1) is 22.1. The molecule has 0 spiro atoms. The number of rotatable bonds is 15. The second kappa shape index (κ2) is 13.3. The summed E-state index contributed by atoms with van der Waals surface area (Å²) in [4.78, 5) is 0. The number of phenolic OH excluding ortho intramolecular Hbond substituents is 1. The van der Waals surface area contributed by atoms with Crippen LogP contribution in [-0.2, 0) is 5.41 Å². The smallest absolute Gasteiger partial charge is 0.119 e. The fourth-order valence-electron chi connectivity index (χ4n) is 4.43. The molecule has 0 amide bonds. The molecule has 0 aliphatic carbocycles. The Hall–Kier alpha value is -0.980. The molecule has 0 aliphatic rings. The van der Waals surface area contributed by atoms with Crippen molar-refractivity contribution < 1.29 is 5.11 Å². The van der Waals surface area contributed by atoms with Crippen LogP contribution in [0.25, 0.3) is 0 Å². The highest BCUT2D eigenvalue weighted by Crippen LogP contribution is 2.43. The molecule has 0 saturated heterocycles. The lowest BCUT2D eigenvalue weighted by atomic mass is 9.69. The van der Waals surface area contributed by atoms with Crippen molar-refractivity contribution >= 4 is 0 Å². The van der Waals surface area contributed by atoms with Gasteiger partial charge in [-0.25, -0.2) is 0 Å². The van der Waals surface area contributed by atoms with Gasteiger partial charge >= 0.3 is 0 Å². The molecular formula is C24H42O. The SMILES string of the molecule is CCCCCCCCCCCC(CCC)(CCC)c1ccccc1O. The van der Waals surface area contributed by atoms with Gasteiger partial charge in [-0.3, -0.25) is 0 Å². The van der Waals surface area contributed by atoms with E-state index in [1.807, 2.05) is 12.1 Å². The summed E-state index contributed by atoms with van der Waals surface area (Å²) in [6, 6.07) is 8.06. The Morgan fingerprint density at radius 2 is 1.16 bits per heavy atom. The Labute approximate surface area is 157 Å². The van der Waals surface area contributed by atoms with Crippen LogP contribution in [0.15, 0.2) is 24.3 Å². The predicted molar refractivity (Wildman–Crippen MR) is 111 cm³/mol. The van der Waals surface area contributed by atoms with Gasteiger partial charge in [-0.2, -0.15) is 0 Å². The number of unbranched alkanes of at least 4 members (excludes halogenated alkanes) is 8. The van der Waals surface area contributed by atoms with Crippen LogP contribution < -0.4 is 0 Å². The van der Waals surface area contributed by atoms with Gasteiger partial charge in [0.05, 0.1) is 0 Å². The van der Waals surface area contributed by atoms with E-state index in [1.165, 1.54) is 95.5 Å². The highest BCUT2D eigenvalue weighted by atomic mass is 16.3. The number of phenols is 1. The van der Waals surface area contributed by atoms with Crippen molar-refractivity contribution in [2.45, 2.75) is 116 Å². The summed E-state index contributed by atoms with van der Waals surface area (Å²) in [5.74, 6) is 0.500. The molecule has 144 valence electrons. The quantitative estimate of drug-likeness (QED) is 0.318. The monoisotopic (exact) mass is 346 g/mol. The molecule has 1 N–H and O–H groups in total. The molecule has 1 aromatic carbocycles. The molecule has 25 heavy (non-hydrogen) atoms. The Morgan fingerprint density at radius 1 is 0.640 bits per heavy atom. The standard InChI is InChI=1S/C24H42O/c1-4-7-8-9-10-11-12-13-16-21-24(19-5-2,20-6-3)22-17-14-15-18-23(22)25/h14-15,17-18,25H,4-13,16,19-21H2,1-3H3. The van der Waals surface area contributed by atoms with Gasteiger partial charge in [0.2, 0.25) is 0 Å². The van der Waals surface area contributed by atoms with Crippen molar-refractivity contribution in [1.29, 1.82) is 0 Å². The Balaban J connectivity index is 2.51. The first-order chi connectivity index (χ1) is 12.2. The summed E-state index contributed by atoms with van der Waals surface area (Å²) in [7, 11) is 0. The summed E-state index contributed by atoms with van der Waals surface area (Å²) in [6.07, 6.45) is 18.4. The van der Waals surface area contributed by atoms with E-state index < -0.39 is 0 Å². The zero-order valence-corrected chi connectivity index (χ0v) is 17.2. The van der Waals surface area contributed by atoms with Crippen molar-refractivity contribution in [3.63, 3.8) is 0 Å². The van der Waals surface area contributed by atoms with E-state index in [0.717, 1.165) is 0 Å². The summed E-state index contributed by atoms with van der Waals surface area (Å²) in [5.41, 5.74) is 1.37. The minimum absolute atomic E-state index is 0.177. The van der Waals surface area contributed by atoms with Crippen LogP contribution in [0.5, 0.6) is 5.75 Å². The third-order valence-corrected chi connectivity index (χ3v) is 5.69. The molecule has 0 bridgehead atoms. The summed E-state index contributed by atoms with van der Waals surface area (Å²) in [5, 5.41) is 10.4. The highest BCUT2D eigenvalue weighted by molar-refractivity contribution is 5.38. The Morgan fingerprint density at radius 3 is 1.68 bits per heavy atom. The van der Waals surface area contributed by atoms with E-state index in [2.05, 4.69) is 32.9 Å². The molecule has 1 aromatic rings. The van der Waals surface area contributed by atoms with Gasteiger partial charge in [0.15, 0.2) is 0 Å². The molecule has 0 fully saturated rings. The molecule has 1 rings (SSSR count). The number of hydrogen-bond acceptors (Lipinski definition) is 1. The van der Waals surface area contributed by atoms with Crippen molar-refractivity contribution in [1.82, 2.24) is 0 Å². The second-order valence-electron chi connectivity index (χ2n) is 7.88. The topological polar surface area (TPSA) is 20.2 Å². The van der Waals surface area contributed by atoms with Crippen molar-refractivity contribution in [3.05, 3.63) is 29.8 Å². The molecule has 0 atom stereocenters. The maximum absolute atomic E-state index is 10.4. The number of aromatic hydroxyl groups is 1. The van der Waals surface area contributed by atoms with Crippen LogP contribution in [0.3, 0.4) is 0 Å². The first-order valence-corrected chi connectivity index (χ1v) is 11.0. The van der Waals surface area contributed by atoms with Gasteiger partial charge in [-0.15, -0.1) is 0 Å². The lowest BCUT2D eigenvalue weighted by Gasteiger charge is -2.35. The minimum atomic E-state index is 0.177. The zero-order chi connectivity index (χ0) is 18.4. The molecule has 0 saturated carbocycles. The number of benzene rings is 1. The van der Waals surface area contributed by atoms with Crippen LogP contribution >= 0.6 is 0 Å². The van der Waals surface area contributed by atoms with Gasteiger partial charge < -0.3 is 5.11 Å². The fraction of sp³-hybridized carbons (Fsp3) is 0.750. The molecule has 0 aromatic heterocycles. The molecular weight excluding hydrogens is 304 g/mol.